The molecule has 146 valence electrons. The molecule has 2 saturated heterocycles. The van der Waals surface area contributed by atoms with Crippen molar-refractivity contribution in [2.24, 2.45) is 22.1 Å². The SMILES string of the molecule is CCNC(=NCCCN1CCCC(C(N)=O)C1)N1CCC(C)(C)C1.I. The molecule has 0 aromatic rings. The maximum absolute atomic E-state index is 11.4. The van der Waals surface area contributed by atoms with Crippen molar-refractivity contribution in [3.05, 3.63) is 0 Å². The van der Waals surface area contributed by atoms with E-state index in [4.69, 9.17) is 10.7 Å². The second-order valence-corrected chi connectivity index (χ2v) is 7.97. The van der Waals surface area contributed by atoms with Gasteiger partial charge >= 0.3 is 0 Å². The largest absolute Gasteiger partial charge is 0.369 e. The number of nitrogens with one attached hydrogen (secondary N) is 1. The number of aliphatic imine (C=N–C) groups is 1. The second kappa shape index (κ2) is 10.5. The molecule has 3 N–H and O–H groups in total. The number of carbonyl (C=O) groups is 1. The average Bonchev–Trinajstić information content (AvgIpc) is 2.90. The van der Waals surface area contributed by atoms with Crippen LogP contribution in [0.3, 0.4) is 0 Å². The van der Waals surface area contributed by atoms with E-state index in [1.54, 1.807) is 0 Å². The normalized spacial score (nSPS) is 24.0. The summed E-state index contributed by atoms with van der Waals surface area (Å²) in [6, 6.07) is 0. The molecule has 1 atom stereocenters. The Morgan fingerprint density at radius 3 is 2.72 bits per heavy atom. The number of rotatable bonds is 6. The molecule has 0 aromatic heterocycles. The van der Waals surface area contributed by atoms with Crippen molar-refractivity contribution in [1.82, 2.24) is 15.1 Å². The molecule has 6 nitrogen and oxygen atoms in total. The van der Waals surface area contributed by atoms with E-state index in [-0.39, 0.29) is 35.8 Å². The molecule has 2 aliphatic heterocycles. The minimum Gasteiger partial charge on any atom is -0.369 e. The Hall–Kier alpha value is -0.570. The molecule has 25 heavy (non-hydrogen) atoms. The predicted molar refractivity (Wildman–Crippen MR) is 114 cm³/mol. The number of likely N-dealkylation sites (tertiary alicyclic amines) is 2. The fourth-order valence-corrected chi connectivity index (χ4v) is 3.69. The number of hydrogen-bond donors (Lipinski definition) is 2. The number of piperidine rings is 1. The van der Waals surface area contributed by atoms with Gasteiger partial charge in [0.05, 0.1) is 5.92 Å². The van der Waals surface area contributed by atoms with Gasteiger partial charge in [-0.2, -0.15) is 0 Å². The van der Waals surface area contributed by atoms with Gasteiger partial charge in [-0.05, 0) is 51.1 Å². The molecular weight excluding hydrogens is 429 g/mol. The molecule has 1 amide bonds. The van der Waals surface area contributed by atoms with Crippen molar-refractivity contribution in [3.8, 4) is 0 Å². The highest BCUT2D eigenvalue weighted by molar-refractivity contribution is 14.0. The van der Waals surface area contributed by atoms with Crippen LogP contribution in [-0.2, 0) is 4.79 Å². The van der Waals surface area contributed by atoms with E-state index < -0.39 is 0 Å². The smallest absolute Gasteiger partial charge is 0.221 e. The van der Waals surface area contributed by atoms with Crippen molar-refractivity contribution in [3.63, 3.8) is 0 Å². The van der Waals surface area contributed by atoms with Gasteiger partial charge in [0, 0.05) is 32.7 Å². The lowest BCUT2D eigenvalue weighted by atomic mass is 9.93. The summed E-state index contributed by atoms with van der Waals surface area (Å²) >= 11 is 0. The van der Waals surface area contributed by atoms with Crippen LogP contribution in [-0.4, -0.2) is 67.5 Å². The number of hydrogen-bond acceptors (Lipinski definition) is 3. The van der Waals surface area contributed by atoms with Gasteiger partial charge < -0.3 is 20.9 Å². The summed E-state index contributed by atoms with van der Waals surface area (Å²) in [6.45, 7) is 13.6. The van der Waals surface area contributed by atoms with Crippen LogP contribution in [0, 0.1) is 11.3 Å². The van der Waals surface area contributed by atoms with E-state index in [1.165, 1.54) is 6.42 Å². The van der Waals surface area contributed by atoms with Gasteiger partial charge in [0.2, 0.25) is 5.91 Å². The molecule has 2 rings (SSSR count). The van der Waals surface area contributed by atoms with Crippen LogP contribution in [0.5, 0.6) is 0 Å². The summed E-state index contributed by atoms with van der Waals surface area (Å²) in [5, 5.41) is 3.42. The van der Waals surface area contributed by atoms with E-state index in [0.717, 1.165) is 71.0 Å². The van der Waals surface area contributed by atoms with E-state index >= 15 is 0 Å². The topological polar surface area (TPSA) is 74.0 Å². The zero-order chi connectivity index (χ0) is 17.6. The van der Waals surface area contributed by atoms with Crippen LogP contribution in [0.15, 0.2) is 4.99 Å². The van der Waals surface area contributed by atoms with Gasteiger partial charge in [-0.15, -0.1) is 24.0 Å². The van der Waals surface area contributed by atoms with Gasteiger partial charge in [-0.1, -0.05) is 13.8 Å². The zero-order valence-electron chi connectivity index (χ0n) is 16.1. The lowest BCUT2D eigenvalue weighted by molar-refractivity contribution is -0.123. The first-order valence-corrected chi connectivity index (χ1v) is 9.46. The predicted octanol–water partition coefficient (Wildman–Crippen LogP) is 1.89. The Morgan fingerprint density at radius 2 is 2.12 bits per heavy atom. The standard InChI is InChI=1S/C18H35N5O.HI/c1-4-20-17(23-12-8-18(2,3)14-23)21-9-6-11-22-10-5-7-15(13-22)16(19)24;/h15H,4-14H2,1-3H3,(H2,19,24)(H,20,21);1H. The highest BCUT2D eigenvalue weighted by atomic mass is 127. The van der Waals surface area contributed by atoms with Crippen molar-refractivity contribution in [1.29, 1.82) is 0 Å². The number of nitrogens with two attached hydrogens (primary N) is 1. The van der Waals surface area contributed by atoms with E-state index in [1.807, 2.05) is 0 Å². The van der Waals surface area contributed by atoms with E-state index in [9.17, 15) is 4.79 Å². The van der Waals surface area contributed by atoms with E-state index in [2.05, 4.69) is 35.9 Å². The number of carbonyl (C=O) groups excluding carboxylic acids is 1. The number of halogens is 1. The summed E-state index contributed by atoms with van der Waals surface area (Å²) in [7, 11) is 0. The maximum Gasteiger partial charge on any atom is 0.221 e. The highest BCUT2D eigenvalue weighted by Gasteiger charge is 2.30. The molecule has 1 unspecified atom stereocenters. The minimum absolute atomic E-state index is 0. The molecule has 2 heterocycles. The fourth-order valence-electron chi connectivity index (χ4n) is 3.69. The minimum atomic E-state index is -0.149. The monoisotopic (exact) mass is 465 g/mol. The maximum atomic E-state index is 11.4. The number of amides is 1. The number of primary amides is 1. The third kappa shape index (κ3) is 7.29. The van der Waals surface area contributed by atoms with Crippen molar-refractivity contribution in [2.45, 2.75) is 46.5 Å². The number of guanidine groups is 1. The first-order chi connectivity index (χ1) is 11.4. The van der Waals surface area contributed by atoms with Gasteiger partial charge in [0.15, 0.2) is 5.96 Å². The van der Waals surface area contributed by atoms with Crippen LogP contribution in [0.2, 0.25) is 0 Å². The molecule has 0 aromatic carbocycles. The van der Waals surface area contributed by atoms with Crippen LogP contribution in [0.1, 0.15) is 46.5 Å². The Balaban J connectivity index is 0.00000312. The van der Waals surface area contributed by atoms with Crippen LogP contribution in [0.4, 0.5) is 0 Å². The molecule has 0 saturated carbocycles. The van der Waals surface area contributed by atoms with Gasteiger partial charge in [-0.3, -0.25) is 9.79 Å². The quantitative estimate of drug-likeness (QED) is 0.272. The molecular formula is C18H36IN5O. The molecule has 2 fully saturated rings. The first-order valence-electron chi connectivity index (χ1n) is 9.46. The van der Waals surface area contributed by atoms with Crippen molar-refractivity contribution < 1.29 is 4.79 Å². The number of nitrogens with zero attached hydrogens (tertiary/aromatic N) is 3. The molecule has 0 radical (unpaired) electrons. The molecule has 2 aliphatic rings. The molecule has 0 spiro atoms. The summed E-state index contributed by atoms with van der Waals surface area (Å²) in [5.74, 6) is 0.937. The third-order valence-electron chi connectivity index (χ3n) is 5.11. The van der Waals surface area contributed by atoms with E-state index in [0.29, 0.717) is 5.41 Å². The lowest BCUT2D eigenvalue weighted by Gasteiger charge is -2.31. The first kappa shape index (κ1) is 22.5. The summed E-state index contributed by atoms with van der Waals surface area (Å²) in [5.41, 5.74) is 5.83. The van der Waals surface area contributed by atoms with Crippen LogP contribution in [0.25, 0.3) is 0 Å². The van der Waals surface area contributed by atoms with Gasteiger partial charge in [0.1, 0.15) is 0 Å². The third-order valence-corrected chi connectivity index (χ3v) is 5.11. The Bertz CT molecular complexity index is 455. The lowest BCUT2D eigenvalue weighted by Crippen LogP contribution is -2.42. The summed E-state index contributed by atoms with van der Waals surface area (Å²) < 4.78 is 0. The Kier molecular flexibility index (Phi) is 9.48. The average molecular weight is 465 g/mol. The Morgan fingerprint density at radius 1 is 1.36 bits per heavy atom. The fraction of sp³-hybridized carbons (Fsp3) is 0.889. The van der Waals surface area contributed by atoms with Crippen molar-refractivity contribution in [2.75, 3.05) is 45.8 Å². The second-order valence-electron chi connectivity index (χ2n) is 7.97. The van der Waals surface area contributed by atoms with Gasteiger partial charge in [0.25, 0.3) is 0 Å². The summed E-state index contributed by atoms with van der Waals surface area (Å²) in [4.78, 5) is 20.9. The Labute approximate surface area is 170 Å². The van der Waals surface area contributed by atoms with Crippen molar-refractivity contribution >= 4 is 35.8 Å². The van der Waals surface area contributed by atoms with Crippen LogP contribution >= 0.6 is 24.0 Å². The molecule has 0 bridgehead atoms. The van der Waals surface area contributed by atoms with Crippen LogP contribution < -0.4 is 11.1 Å². The molecule has 0 aliphatic carbocycles. The summed E-state index contributed by atoms with van der Waals surface area (Å²) in [6.07, 6.45) is 4.26. The molecule has 7 heteroatoms. The zero-order valence-corrected chi connectivity index (χ0v) is 18.4. The van der Waals surface area contributed by atoms with Gasteiger partial charge in [-0.25, -0.2) is 0 Å². The highest BCUT2D eigenvalue weighted by Crippen LogP contribution is 2.28.